The number of carbonyl (C=O) groups excluding carboxylic acids is 2. The van der Waals surface area contributed by atoms with E-state index in [-0.39, 0.29) is 12.6 Å². The van der Waals surface area contributed by atoms with E-state index in [0.717, 1.165) is 11.9 Å². The SMILES string of the molecule is C=CCOC(=NC(=O)N(C)C)NC(=O)NSC. The lowest BCUT2D eigenvalue weighted by Crippen LogP contribution is -2.39. The maximum Gasteiger partial charge on any atom is 0.347 e. The molecule has 17 heavy (non-hydrogen) atoms. The molecule has 0 bridgehead atoms. The third-order valence-corrected chi connectivity index (χ3v) is 1.72. The zero-order valence-corrected chi connectivity index (χ0v) is 10.8. The van der Waals surface area contributed by atoms with Crippen LogP contribution in [-0.4, -0.2) is 49.9 Å². The van der Waals surface area contributed by atoms with Gasteiger partial charge >= 0.3 is 18.1 Å². The first-order chi connectivity index (χ1) is 8.01. The van der Waals surface area contributed by atoms with Crippen LogP contribution in [0.5, 0.6) is 0 Å². The van der Waals surface area contributed by atoms with Gasteiger partial charge in [0.15, 0.2) is 0 Å². The molecule has 0 heterocycles. The summed E-state index contributed by atoms with van der Waals surface area (Å²) in [5, 5.41) is 2.30. The molecule has 4 amide bonds. The summed E-state index contributed by atoms with van der Waals surface area (Å²) in [6.45, 7) is 3.59. The average Bonchev–Trinajstić information content (AvgIpc) is 2.25. The number of nitrogens with one attached hydrogen (secondary N) is 2. The van der Waals surface area contributed by atoms with Crippen molar-refractivity contribution in [3.63, 3.8) is 0 Å². The first-order valence-electron chi connectivity index (χ1n) is 4.65. The topological polar surface area (TPSA) is 83.0 Å². The fraction of sp³-hybridized carbons (Fsp3) is 0.444. The summed E-state index contributed by atoms with van der Waals surface area (Å²) in [5.41, 5.74) is 0. The van der Waals surface area contributed by atoms with Gasteiger partial charge in [0.1, 0.15) is 6.61 Å². The molecule has 0 spiro atoms. The molecule has 8 heteroatoms. The molecule has 0 saturated heterocycles. The molecular formula is C9H16N4O3S. The van der Waals surface area contributed by atoms with Crippen LogP contribution in [0.4, 0.5) is 9.59 Å². The summed E-state index contributed by atoms with van der Waals surface area (Å²) < 4.78 is 7.44. The highest BCUT2D eigenvalue weighted by Gasteiger charge is 2.10. The van der Waals surface area contributed by atoms with Crippen LogP contribution >= 0.6 is 11.9 Å². The highest BCUT2D eigenvalue weighted by Crippen LogP contribution is 1.89. The fourth-order valence-electron chi connectivity index (χ4n) is 0.636. The van der Waals surface area contributed by atoms with Gasteiger partial charge in [0.25, 0.3) is 0 Å². The van der Waals surface area contributed by atoms with Crippen LogP contribution in [0.25, 0.3) is 0 Å². The van der Waals surface area contributed by atoms with Gasteiger partial charge in [-0.1, -0.05) is 24.6 Å². The molecule has 0 radical (unpaired) electrons. The van der Waals surface area contributed by atoms with E-state index >= 15 is 0 Å². The van der Waals surface area contributed by atoms with E-state index in [9.17, 15) is 9.59 Å². The van der Waals surface area contributed by atoms with Crippen LogP contribution < -0.4 is 10.0 Å². The summed E-state index contributed by atoms with van der Waals surface area (Å²) in [6, 6.07) is -1.23. The molecule has 0 fully saturated rings. The summed E-state index contributed by atoms with van der Waals surface area (Å²) in [4.78, 5) is 27.4. The van der Waals surface area contributed by atoms with Gasteiger partial charge in [-0.2, -0.15) is 0 Å². The van der Waals surface area contributed by atoms with Gasteiger partial charge in [-0.3, -0.25) is 10.0 Å². The van der Waals surface area contributed by atoms with Crippen molar-refractivity contribution in [2.75, 3.05) is 27.0 Å². The van der Waals surface area contributed by atoms with Crippen molar-refractivity contribution in [2.45, 2.75) is 0 Å². The second-order valence-corrected chi connectivity index (χ2v) is 3.57. The first kappa shape index (κ1) is 15.3. The van der Waals surface area contributed by atoms with E-state index in [1.807, 2.05) is 0 Å². The number of hydrogen-bond donors (Lipinski definition) is 2. The summed E-state index contributed by atoms with van der Waals surface area (Å²) in [6.07, 6.45) is 3.16. The van der Waals surface area contributed by atoms with Crippen molar-refractivity contribution < 1.29 is 14.3 Å². The highest BCUT2D eigenvalue weighted by atomic mass is 32.2. The van der Waals surface area contributed by atoms with Gasteiger partial charge < -0.3 is 9.64 Å². The molecular weight excluding hydrogens is 244 g/mol. The van der Waals surface area contributed by atoms with E-state index in [0.29, 0.717) is 0 Å². The number of amides is 4. The number of amidine groups is 1. The third-order valence-electron chi connectivity index (χ3n) is 1.33. The lowest BCUT2D eigenvalue weighted by molar-refractivity contribution is 0.225. The largest absolute Gasteiger partial charge is 0.460 e. The Kier molecular flexibility index (Phi) is 7.61. The smallest absolute Gasteiger partial charge is 0.347 e. The Balaban J connectivity index is 4.57. The first-order valence-corrected chi connectivity index (χ1v) is 5.87. The molecule has 0 aliphatic rings. The standard InChI is InChI=1S/C9H16N4O3S/c1-5-6-16-8(10-7(14)12-17-4)11-9(15)13(2)3/h5H,1,6H2,2-4H3,(H2,10,11,12,14,15). The number of carbonyl (C=O) groups is 2. The third kappa shape index (κ3) is 7.23. The number of urea groups is 2. The van der Waals surface area contributed by atoms with E-state index in [1.54, 1.807) is 20.4 Å². The van der Waals surface area contributed by atoms with Crippen molar-refractivity contribution >= 4 is 30.0 Å². The van der Waals surface area contributed by atoms with E-state index in [4.69, 9.17) is 4.74 Å². The molecule has 0 aliphatic carbocycles. The number of ether oxygens (including phenoxy) is 1. The van der Waals surface area contributed by atoms with Gasteiger partial charge in [0.2, 0.25) is 0 Å². The van der Waals surface area contributed by atoms with Crippen molar-refractivity contribution in [2.24, 2.45) is 4.99 Å². The van der Waals surface area contributed by atoms with Crippen LogP contribution in [0.1, 0.15) is 0 Å². The minimum atomic E-state index is -0.534. The van der Waals surface area contributed by atoms with E-state index < -0.39 is 12.1 Å². The van der Waals surface area contributed by atoms with E-state index in [1.165, 1.54) is 11.0 Å². The summed E-state index contributed by atoms with van der Waals surface area (Å²) in [5.74, 6) is 0. The van der Waals surface area contributed by atoms with Crippen molar-refractivity contribution in [1.82, 2.24) is 14.9 Å². The van der Waals surface area contributed by atoms with Crippen LogP contribution in [-0.2, 0) is 4.74 Å². The normalized spacial score (nSPS) is 10.4. The molecule has 0 aromatic heterocycles. The molecule has 0 aromatic rings. The van der Waals surface area contributed by atoms with Gasteiger partial charge in [0.05, 0.1) is 0 Å². The zero-order valence-electron chi connectivity index (χ0n) is 10.0. The molecule has 7 nitrogen and oxygen atoms in total. The maximum absolute atomic E-state index is 11.3. The maximum atomic E-state index is 11.3. The minimum absolute atomic E-state index is 0.138. The number of nitrogens with zero attached hydrogens (tertiary/aromatic N) is 2. The van der Waals surface area contributed by atoms with Gasteiger partial charge in [0, 0.05) is 20.4 Å². The number of aliphatic imine (C=N–C) groups is 1. The highest BCUT2D eigenvalue weighted by molar-refractivity contribution is 7.97. The predicted molar refractivity (Wildman–Crippen MR) is 67.8 cm³/mol. The summed E-state index contributed by atoms with van der Waals surface area (Å²) in [7, 11) is 3.08. The fourth-order valence-corrected chi connectivity index (χ4v) is 0.873. The minimum Gasteiger partial charge on any atom is -0.460 e. The average molecular weight is 260 g/mol. The van der Waals surface area contributed by atoms with E-state index in [2.05, 4.69) is 21.6 Å². The number of rotatable bonds is 3. The predicted octanol–water partition coefficient (Wildman–Crippen LogP) is 0.804. The Morgan fingerprint density at radius 1 is 1.53 bits per heavy atom. The molecule has 0 rings (SSSR count). The molecule has 0 atom stereocenters. The molecule has 96 valence electrons. The Hall–Kier alpha value is -1.70. The number of hydrogen-bond acceptors (Lipinski definition) is 4. The Labute approximate surface area is 104 Å². The van der Waals surface area contributed by atoms with Crippen LogP contribution in [0.2, 0.25) is 0 Å². The van der Waals surface area contributed by atoms with Crippen LogP contribution in [0.3, 0.4) is 0 Å². The Bertz CT molecular complexity index is 317. The van der Waals surface area contributed by atoms with Crippen LogP contribution in [0, 0.1) is 0 Å². The van der Waals surface area contributed by atoms with Gasteiger partial charge in [-0.25, -0.2) is 9.59 Å². The van der Waals surface area contributed by atoms with Crippen molar-refractivity contribution in [3.8, 4) is 0 Å². The zero-order chi connectivity index (χ0) is 13.3. The molecule has 0 aromatic carbocycles. The summed E-state index contributed by atoms with van der Waals surface area (Å²) >= 11 is 1.11. The van der Waals surface area contributed by atoms with Gasteiger partial charge in [-0.05, 0) is 0 Å². The molecule has 0 aliphatic heterocycles. The second kappa shape index (κ2) is 8.45. The van der Waals surface area contributed by atoms with Crippen molar-refractivity contribution in [3.05, 3.63) is 12.7 Å². The second-order valence-electron chi connectivity index (χ2n) is 2.95. The Morgan fingerprint density at radius 3 is 2.65 bits per heavy atom. The quantitative estimate of drug-likeness (QED) is 0.340. The van der Waals surface area contributed by atoms with Crippen molar-refractivity contribution in [1.29, 1.82) is 0 Å². The molecule has 0 unspecified atom stereocenters. The molecule has 0 saturated carbocycles. The van der Waals surface area contributed by atoms with Crippen LogP contribution in [0.15, 0.2) is 17.6 Å². The monoisotopic (exact) mass is 260 g/mol. The lowest BCUT2D eigenvalue weighted by atomic mass is 10.7. The lowest BCUT2D eigenvalue weighted by Gasteiger charge is -2.10. The molecule has 2 N–H and O–H groups in total. The Morgan fingerprint density at radius 2 is 2.18 bits per heavy atom. The van der Waals surface area contributed by atoms with Gasteiger partial charge in [-0.15, -0.1) is 4.99 Å².